The van der Waals surface area contributed by atoms with Crippen LogP contribution in [0.3, 0.4) is 0 Å². The number of anilines is 1. The molecule has 35 heavy (non-hydrogen) atoms. The van der Waals surface area contributed by atoms with Crippen LogP contribution in [0.25, 0.3) is 0 Å². The van der Waals surface area contributed by atoms with Crippen molar-refractivity contribution in [2.24, 2.45) is 11.1 Å². The number of amides is 3. The number of urea groups is 1. The number of piperidine rings is 1. The van der Waals surface area contributed by atoms with Crippen molar-refractivity contribution >= 4 is 29.2 Å². The predicted molar refractivity (Wildman–Crippen MR) is 136 cm³/mol. The largest absolute Gasteiger partial charge is 0.482 e. The van der Waals surface area contributed by atoms with E-state index in [1.54, 1.807) is 12.1 Å². The van der Waals surface area contributed by atoms with Gasteiger partial charge in [-0.05, 0) is 73.7 Å². The first-order valence-corrected chi connectivity index (χ1v) is 12.3. The number of benzene rings is 2. The molecule has 0 unspecified atom stereocenters. The van der Waals surface area contributed by atoms with Crippen LogP contribution in [0.1, 0.15) is 32.3 Å². The molecule has 1 aliphatic heterocycles. The molecule has 0 radical (unpaired) electrons. The lowest BCUT2D eigenvalue weighted by Crippen LogP contribution is -2.49. The molecule has 1 fully saturated rings. The lowest BCUT2D eigenvalue weighted by molar-refractivity contribution is -0.136. The maximum absolute atomic E-state index is 13.4. The van der Waals surface area contributed by atoms with Crippen molar-refractivity contribution in [2.45, 2.75) is 33.1 Å². The van der Waals surface area contributed by atoms with Crippen LogP contribution in [-0.2, 0) is 11.2 Å². The Morgan fingerprint density at radius 3 is 2.40 bits per heavy atom. The molecule has 0 spiro atoms. The van der Waals surface area contributed by atoms with Crippen LogP contribution in [-0.4, -0.2) is 61.1 Å². The van der Waals surface area contributed by atoms with E-state index in [9.17, 15) is 14.0 Å². The molecular formula is C26H34ClFN4O3. The third-order valence-corrected chi connectivity index (χ3v) is 6.91. The zero-order chi connectivity index (χ0) is 25.4. The fourth-order valence-corrected chi connectivity index (χ4v) is 4.84. The highest BCUT2D eigenvalue weighted by Gasteiger charge is 2.37. The Kier molecular flexibility index (Phi) is 9.34. The van der Waals surface area contributed by atoms with E-state index >= 15 is 0 Å². The summed E-state index contributed by atoms with van der Waals surface area (Å²) in [5, 5.41) is 2.87. The third kappa shape index (κ3) is 7.57. The third-order valence-electron chi connectivity index (χ3n) is 6.67. The fraction of sp³-hybridized carbons (Fsp3) is 0.462. The molecule has 9 heteroatoms. The molecule has 7 nitrogen and oxygen atoms in total. The molecular weight excluding hydrogens is 471 g/mol. The van der Waals surface area contributed by atoms with Crippen molar-refractivity contribution in [1.82, 2.24) is 9.80 Å². The van der Waals surface area contributed by atoms with Gasteiger partial charge in [0.15, 0.2) is 6.61 Å². The predicted octanol–water partition coefficient (Wildman–Crippen LogP) is 4.54. The highest BCUT2D eigenvalue weighted by Crippen LogP contribution is 2.36. The number of primary amides is 1. The summed E-state index contributed by atoms with van der Waals surface area (Å²) in [5.41, 5.74) is 6.65. The zero-order valence-corrected chi connectivity index (χ0v) is 21.1. The Hall–Kier alpha value is -2.84. The Bertz CT molecular complexity index is 1010. The average molecular weight is 505 g/mol. The standard InChI is InChI=1S/C26H34ClFN4O3/c1-3-31(4-2)18-26(16-19-5-8-21(28)9-6-19)11-13-32(14-12-26)24(33)17-35-23-10-7-20(27)15-22(23)30-25(29)34/h5-10,15H,3-4,11-14,16-18H2,1-2H3,(H3,29,30,34). The molecule has 1 aliphatic rings. The second-order valence-corrected chi connectivity index (χ2v) is 9.50. The minimum atomic E-state index is -0.745. The van der Waals surface area contributed by atoms with Gasteiger partial charge in [0.1, 0.15) is 11.6 Å². The summed E-state index contributed by atoms with van der Waals surface area (Å²) in [7, 11) is 0. The first-order valence-electron chi connectivity index (χ1n) is 12.0. The van der Waals surface area contributed by atoms with Gasteiger partial charge in [0.25, 0.3) is 5.91 Å². The molecule has 0 bridgehead atoms. The van der Waals surface area contributed by atoms with E-state index in [0.717, 1.165) is 44.5 Å². The molecule has 3 rings (SSSR count). The minimum Gasteiger partial charge on any atom is -0.482 e. The Morgan fingerprint density at radius 2 is 1.80 bits per heavy atom. The smallest absolute Gasteiger partial charge is 0.316 e. The van der Waals surface area contributed by atoms with Gasteiger partial charge in [-0.1, -0.05) is 37.6 Å². The average Bonchev–Trinajstić information content (AvgIpc) is 2.83. The number of ether oxygens (including phenoxy) is 1. The number of likely N-dealkylation sites (tertiary alicyclic amines) is 1. The first kappa shape index (κ1) is 26.8. The summed E-state index contributed by atoms with van der Waals surface area (Å²) >= 11 is 5.99. The lowest BCUT2D eigenvalue weighted by atomic mass is 9.73. The Balaban J connectivity index is 1.64. The van der Waals surface area contributed by atoms with Crippen LogP contribution < -0.4 is 15.8 Å². The van der Waals surface area contributed by atoms with Gasteiger partial charge in [-0.2, -0.15) is 0 Å². The van der Waals surface area contributed by atoms with Crippen molar-refractivity contribution in [2.75, 3.05) is 44.6 Å². The molecule has 3 N–H and O–H groups in total. The molecule has 1 heterocycles. The number of carbonyl (C=O) groups excluding carboxylic acids is 2. The van der Waals surface area contributed by atoms with Crippen molar-refractivity contribution < 1.29 is 18.7 Å². The van der Waals surface area contributed by atoms with Gasteiger partial charge in [-0.15, -0.1) is 0 Å². The van der Waals surface area contributed by atoms with E-state index in [4.69, 9.17) is 22.1 Å². The number of nitrogens with zero attached hydrogens (tertiary/aromatic N) is 2. The van der Waals surface area contributed by atoms with E-state index in [1.165, 1.54) is 18.2 Å². The molecule has 1 saturated heterocycles. The number of carbonyl (C=O) groups is 2. The van der Waals surface area contributed by atoms with Crippen molar-refractivity contribution in [3.63, 3.8) is 0 Å². The van der Waals surface area contributed by atoms with E-state index in [1.807, 2.05) is 17.0 Å². The number of hydrogen-bond acceptors (Lipinski definition) is 4. The summed E-state index contributed by atoms with van der Waals surface area (Å²) in [6.45, 7) is 8.25. The Labute approximate surface area is 211 Å². The summed E-state index contributed by atoms with van der Waals surface area (Å²) in [6.07, 6.45) is 2.54. The second kappa shape index (κ2) is 12.2. The lowest BCUT2D eigenvalue weighted by Gasteiger charge is -2.44. The molecule has 2 aromatic carbocycles. The number of rotatable bonds is 10. The van der Waals surface area contributed by atoms with Crippen molar-refractivity contribution in [1.29, 1.82) is 0 Å². The van der Waals surface area contributed by atoms with Gasteiger partial charge >= 0.3 is 6.03 Å². The normalized spacial score (nSPS) is 15.2. The molecule has 0 saturated carbocycles. The van der Waals surface area contributed by atoms with Crippen molar-refractivity contribution in [3.8, 4) is 5.75 Å². The monoisotopic (exact) mass is 504 g/mol. The van der Waals surface area contributed by atoms with Gasteiger partial charge in [0, 0.05) is 24.7 Å². The van der Waals surface area contributed by atoms with Crippen LogP contribution in [0.5, 0.6) is 5.75 Å². The molecule has 0 atom stereocenters. The molecule has 0 aliphatic carbocycles. The van der Waals surface area contributed by atoms with Crippen LogP contribution in [0.2, 0.25) is 5.02 Å². The number of halogens is 2. The zero-order valence-electron chi connectivity index (χ0n) is 20.4. The van der Waals surface area contributed by atoms with E-state index in [-0.39, 0.29) is 23.7 Å². The van der Waals surface area contributed by atoms with E-state index in [2.05, 4.69) is 24.1 Å². The van der Waals surface area contributed by atoms with E-state index in [0.29, 0.717) is 29.5 Å². The van der Waals surface area contributed by atoms with Gasteiger partial charge in [-0.3, -0.25) is 4.79 Å². The Morgan fingerprint density at radius 1 is 1.14 bits per heavy atom. The summed E-state index contributed by atoms with van der Waals surface area (Å²) in [5.74, 6) is -0.0317. The summed E-state index contributed by atoms with van der Waals surface area (Å²) in [6, 6.07) is 10.7. The van der Waals surface area contributed by atoms with Gasteiger partial charge in [-0.25, -0.2) is 9.18 Å². The van der Waals surface area contributed by atoms with Gasteiger partial charge in [0.05, 0.1) is 5.69 Å². The quantitative estimate of drug-likeness (QED) is 0.497. The van der Waals surface area contributed by atoms with E-state index < -0.39 is 6.03 Å². The maximum Gasteiger partial charge on any atom is 0.316 e. The molecule has 0 aromatic heterocycles. The highest BCUT2D eigenvalue weighted by atomic mass is 35.5. The SMILES string of the molecule is CCN(CC)CC1(Cc2ccc(F)cc2)CCN(C(=O)COc2ccc(Cl)cc2NC(N)=O)CC1. The first-order chi connectivity index (χ1) is 16.7. The van der Waals surface area contributed by atoms with Gasteiger partial charge < -0.3 is 25.6 Å². The fourth-order valence-electron chi connectivity index (χ4n) is 4.67. The molecule has 3 amide bonds. The highest BCUT2D eigenvalue weighted by molar-refractivity contribution is 6.31. The molecule has 190 valence electrons. The maximum atomic E-state index is 13.4. The summed E-state index contributed by atoms with van der Waals surface area (Å²) in [4.78, 5) is 28.4. The number of nitrogens with one attached hydrogen (secondary N) is 1. The van der Waals surface area contributed by atoms with Crippen LogP contribution >= 0.6 is 11.6 Å². The minimum absolute atomic E-state index is 0.0102. The topological polar surface area (TPSA) is 87.9 Å². The second-order valence-electron chi connectivity index (χ2n) is 9.06. The van der Waals surface area contributed by atoms with Crippen LogP contribution in [0, 0.1) is 11.2 Å². The van der Waals surface area contributed by atoms with Crippen LogP contribution in [0.4, 0.5) is 14.9 Å². The van der Waals surface area contributed by atoms with Gasteiger partial charge in [0.2, 0.25) is 0 Å². The summed E-state index contributed by atoms with van der Waals surface area (Å²) < 4.78 is 19.1. The number of hydrogen-bond donors (Lipinski definition) is 2. The number of nitrogens with two attached hydrogens (primary N) is 1. The van der Waals surface area contributed by atoms with Crippen LogP contribution in [0.15, 0.2) is 42.5 Å². The molecule has 2 aromatic rings. The van der Waals surface area contributed by atoms with Crippen molar-refractivity contribution in [3.05, 3.63) is 58.9 Å².